The van der Waals surface area contributed by atoms with Crippen LogP contribution < -0.4 is 5.32 Å². The zero-order valence-corrected chi connectivity index (χ0v) is 18.1. The molecule has 0 saturated carbocycles. The van der Waals surface area contributed by atoms with E-state index in [1.807, 2.05) is 22.8 Å². The molecule has 1 aromatic heterocycles. The zero-order valence-electron chi connectivity index (χ0n) is 18.1. The first-order valence-corrected chi connectivity index (χ1v) is 10.8. The highest BCUT2D eigenvalue weighted by Gasteiger charge is 2.19. The molecule has 0 aliphatic rings. The van der Waals surface area contributed by atoms with E-state index in [2.05, 4.69) is 17.2 Å². The lowest BCUT2D eigenvalue weighted by Gasteiger charge is -2.08. The third-order valence-corrected chi connectivity index (χ3v) is 5.10. The Balaban J connectivity index is 1.83. The van der Waals surface area contributed by atoms with Crippen molar-refractivity contribution in [3.63, 3.8) is 0 Å². The standard InChI is InChI=1S/C24H29N3O4/c1-3-5-6-9-14-27-16-20(25-21(27)15-22(29)31-4-2)26-24(30)23-18-11-8-7-10-17(18)12-13-19(23)28/h7-8,10-13,16,28H,3-6,9,14-15H2,1-2H3,(H,26,30). The Kier molecular flexibility index (Phi) is 7.65. The number of esters is 1. The SMILES string of the molecule is CCCCCCn1cc(NC(=O)c2c(O)ccc3ccccc23)nc1CC(=O)OCC. The molecule has 2 aromatic carbocycles. The third-order valence-electron chi connectivity index (χ3n) is 5.10. The first-order chi connectivity index (χ1) is 15.0. The highest BCUT2D eigenvalue weighted by Crippen LogP contribution is 2.28. The van der Waals surface area contributed by atoms with Crippen LogP contribution in [0, 0.1) is 0 Å². The van der Waals surface area contributed by atoms with Crippen molar-refractivity contribution in [1.29, 1.82) is 0 Å². The van der Waals surface area contributed by atoms with E-state index in [-0.39, 0.29) is 23.7 Å². The summed E-state index contributed by atoms with van der Waals surface area (Å²) in [5, 5.41) is 14.6. The van der Waals surface area contributed by atoms with Crippen LogP contribution in [0.25, 0.3) is 10.8 Å². The molecule has 0 bridgehead atoms. The lowest BCUT2D eigenvalue weighted by molar-refractivity contribution is -0.142. The molecule has 3 aromatic rings. The molecular formula is C24H29N3O4. The lowest BCUT2D eigenvalue weighted by Crippen LogP contribution is -2.13. The molecule has 0 unspecified atom stereocenters. The van der Waals surface area contributed by atoms with Gasteiger partial charge in [0.05, 0.1) is 12.2 Å². The second-order valence-corrected chi connectivity index (χ2v) is 7.41. The van der Waals surface area contributed by atoms with Gasteiger partial charge in [-0.1, -0.05) is 56.5 Å². The minimum atomic E-state index is -0.451. The number of carbonyl (C=O) groups excluding carboxylic acids is 2. The van der Waals surface area contributed by atoms with Crippen LogP contribution in [0.5, 0.6) is 5.75 Å². The highest BCUT2D eigenvalue weighted by molar-refractivity contribution is 6.14. The van der Waals surface area contributed by atoms with Crippen molar-refractivity contribution < 1.29 is 19.4 Å². The molecule has 7 heteroatoms. The van der Waals surface area contributed by atoms with Gasteiger partial charge in [-0.05, 0) is 30.2 Å². The maximum atomic E-state index is 13.0. The van der Waals surface area contributed by atoms with Gasteiger partial charge in [-0.2, -0.15) is 0 Å². The Morgan fingerprint density at radius 3 is 2.68 bits per heavy atom. The van der Waals surface area contributed by atoms with E-state index in [0.29, 0.717) is 30.2 Å². The molecule has 0 spiro atoms. The van der Waals surface area contributed by atoms with Crippen molar-refractivity contribution in [3.05, 3.63) is 54.0 Å². The molecule has 0 fully saturated rings. The van der Waals surface area contributed by atoms with Crippen molar-refractivity contribution in [2.75, 3.05) is 11.9 Å². The van der Waals surface area contributed by atoms with Gasteiger partial charge in [-0.3, -0.25) is 9.59 Å². The smallest absolute Gasteiger partial charge is 0.313 e. The van der Waals surface area contributed by atoms with Gasteiger partial charge in [0, 0.05) is 12.7 Å². The van der Waals surface area contributed by atoms with E-state index in [1.165, 1.54) is 6.07 Å². The Bertz CT molecular complexity index is 1060. The van der Waals surface area contributed by atoms with E-state index in [4.69, 9.17) is 4.74 Å². The number of unbranched alkanes of at least 4 members (excludes halogenated alkanes) is 3. The van der Waals surface area contributed by atoms with Crippen LogP contribution in [0.3, 0.4) is 0 Å². The summed E-state index contributed by atoms with van der Waals surface area (Å²) in [4.78, 5) is 29.4. The van der Waals surface area contributed by atoms with E-state index in [9.17, 15) is 14.7 Å². The summed E-state index contributed by atoms with van der Waals surface area (Å²) in [6.07, 6.45) is 6.09. The Hall–Kier alpha value is -3.35. The molecule has 0 aliphatic heterocycles. The van der Waals surface area contributed by atoms with Gasteiger partial charge in [0.15, 0.2) is 5.82 Å². The number of aryl methyl sites for hydroxylation is 1. The largest absolute Gasteiger partial charge is 0.507 e. The minimum Gasteiger partial charge on any atom is -0.507 e. The number of nitrogens with one attached hydrogen (secondary N) is 1. The fourth-order valence-electron chi connectivity index (χ4n) is 3.58. The van der Waals surface area contributed by atoms with Gasteiger partial charge >= 0.3 is 5.97 Å². The van der Waals surface area contributed by atoms with Crippen molar-refractivity contribution in [2.24, 2.45) is 0 Å². The summed E-state index contributed by atoms with van der Waals surface area (Å²) < 4.78 is 6.95. The summed E-state index contributed by atoms with van der Waals surface area (Å²) in [6, 6.07) is 10.7. The Morgan fingerprint density at radius 1 is 1.10 bits per heavy atom. The summed E-state index contributed by atoms with van der Waals surface area (Å²) in [5.74, 6) is -0.0124. The fourth-order valence-corrected chi connectivity index (χ4v) is 3.58. The summed E-state index contributed by atoms with van der Waals surface area (Å²) in [6.45, 7) is 4.92. The second kappa shape index (κ2) is 10.6. The number of aromatic nitrogens is 2. The molecule has 31 heavy (non-hydrogen) atoms. The summed E-state index contributed by atoms with van der Waals surface area (Å²) in [7, 11) is 0. The maximum Gasteiger partial charge on any atom is 0.313 e. The third kappa shape index (κ3) is 5.63. The Labute approximate surface area is 182 Å². The number of phenols is 1. The van der Waals surface area contributed by atoms with Crippen LogP contribution in [0.1, 0.15) is 55.7 Å². The predicted octanol–water partition coefficient (Wildman–Crippen LogP) is 4.68. The molecule has 2 N–H and O–H groups in total. The molecule has 0 atom stereocenters. The second-order valence-electron chi connectivity index (χ2n) is 7.41. The number of hydrogen-bond acceptors (Lipinski definition) is 5. The number of fused-ring (bicyclic) bond motifs is 1. The molecular weight excluding hydrogens is 394 g/mol. The molecule has 3 rings (SSSR count). The van der Waals surface area contributed by atoms with Gasteiger partial charge in [0.25, 0.3) is 5.91 Å². The van der Waals surface area contributed by atoms with Crippen molar-refractivity contribution in [3.8, 4) is 5.75 Å². The number of phenolic OH excluding ortho intramolecular Hbond substituents is 1. The van der Waals surface area contributed by atoms with E-state index in [0.717, 1.165) is 31.1 Å². The number of rotatable bonds is 10. The van der Waals surface area contributed by atoms with Gasteiger partial charge in [0.1, 0.15) is 18.0 Å². The molecule has 164 valence electrons. The maximum absolute atomic E-state index is 13.0. The molecule has 0 radical (unpaired) electrons. The topological polar surface area (TPSA) is 93.5 Å². The number of amides is 1. The van der Waals surface area contributed by atoms with E-state index < -0.39 is 5.91 Å². The molecule has 0 saturated heterocycles. The molecule has 1 heterocycles. The van der Waals surface area contributed by atoms with Crippen LogP contribution >= 0.6 is 0 Å². The minimum absolute atomic E-state index is 0.0387. The summed E-state index contributed by atoms with van der Waals surface area (Å²) >= 11 is 0. The first-order valence-electron chi connectivity index (χ1n) is 10.8. The van der Waals surface area contributed by atoms with Gasteiger partial charge < -0.3 is 19.7 Å². The number of imidazole rings is 1. The average Bonchev–Trinajstić information content (AvgIpc) is 3.11. The van der Waals surface area contributed by atoms with Crippen LogP contribution in [0.2, 0.25) is 0 Å². The van der Waals surface area contributed by atoms with Crippen molar-refractivity contribution >= 4 is 28.5 Å². The Morgan fingerprint density at radius 2 is 1.90 bits per heavy atom. The number of aromatic hydroxyl groups is 1. The van der Waals surface area contributed by atoms with Crippen LogP contribution in [-0.4, -0.2) is 33.1 Å². The molecule has 0 aliphatic carbocycles. The number of carbonyl (C=O) groups is 2. The first kappa shape index (κ1) is 22.3. The van der Waals surface area contributed by atoms with E-state index >= 15 is 0 Å². The van der Waals surface area contributed by atoms with Crippen LogP contribution in [0.15, 0.2) is 42.6 Å². The van der Waals surface area contributed by atoms with Crippen LogP contribution in [-0.2, 0) is 22.5 Å². The number of ether oxygens (including phenoxy) is 1. The van der Waals surface area contributed by atoms with Crippen molar-refractivity contribution in [1.82, 2.24) is 9.55 Å². The summed E-state index contributed by atoms with van der Waals surface area (Å²) in [5.41, 5.74) is 0.197. The lowest BCUT2D eigenvalue weighted by atomic mass is 10.0. The number of anilines is 1. The van der Waals surface area contributed by atoms with Crippen LogP contribution in [0.4, 0.5) is 5.82 Å². The van der Waals surface area contributed by atoms with Gasteiger partial charge in [0.2, 0.25) is 0 Å². The monoisotopic (exact) mass is 423 g/mol. The fraction of sp³-hybridized carbons (Fsp3) is 0.375. The predicted molar refractivity (Wildman–Crippen MR) is 120 cm³/mol. The number of benzene rings is 2. The normalized spacial score (nSPS) is 10.9. The number of hydrogen-bond donors (Lipinski definition) is 2. The van der Waals surface area contributed by atoms with Crippen molar-refractivity contribution in [2.45, 2.75) is 52.5 Å². The molecule has 7 nitrogen and oxygen atoms in total. The highest BCUT2D eigenvalue weighted by atomic mass is 16.5. The zero-order chi connectivity index (χ0) is 22.2. The number of nitrogens with zero attached hydrogens (tertiary/aromatic N) is 2. The van der Waals surface area contributed by atoms with Gasteiger partial charge in [-0.15, -0.1) is 0 Å². The average molecular weight is 424 g/mol. The van der Waals surface area contributed by atoms with Gasteiger partial charge in [-0.25, -0.2) is 4.98 Å². The van der Waals surface area contributed by atoms with E-state index in [1.54, 1.807) is 25.3 Å². The quantitative estimate of drug-likeness (QED) is 0.365. The molecule has 1 amide bonds.